The zero-order valence-corrected chi connectivity index (χ0v) is 12.3. The lowest BCUT2D eigenvalue weighted by Crippen LogP contribution is -2.51. The van der Waals surface area contributed by atoms with Crippen LogP contribution in [0.5, 0.6) is 0 Å². The van der Waals surface area contributed by atoms with Crippen LogP contribution in [0.4, 0.5) is 5.82 Å². The van der Waals surface area contributed by atoms with Crippen LogP contribution < -0.4 is 10.6 Å². The van der Waals surface area contributed by atoms with Gasteiger partial charge in [-0.3, -0.25) is 9.48 Å². The standard InChI is InChI=1S/C12H20N4O2.ClH/c1-9-8-10(16(2)15-9)14-11(17)12(18-3)4-6-13-7-5-12;/h8,13H,4-7H2,1-3H3,(H,14,17);1H. The van der Waals surface area contributed by atoms with Gasteiger partial charge in [0.2, 0.25) is 0 Å². The number of anilines is 1. The Hall–Kier alpha value is -1.11. The second kappa shape index (κ2) is 6.36. The van der Waals surface area contributed by atoms with Crippen LogP contribution in [-0.2, 0) is 16.6 Å². The quantitative estimate of drug-likeness (QED) is 0.866. The fourth-order valence-electron chi connectivity index (χ4n) is 2.31. The molecule has 1 aliphatic rings. The molecule has 0 aromatic carbocycles. The number of carbonyl (C=O) groups is 1. The first-order valence-electron chi connectivity index (χ1n) is 6.15. The van der Waals surface area contributed by atoms with E-state index in [0.717, 1.165) is 18.8 Å². The summed E-state index contributed by atoms with van der Waals surface area (Å²) in [6.45, 7) is 3.49. The molecule has 1 fully saturated rings. The molecule has 7 heteroatoms. The summed E-state index contributed by atoms with van der Waals surface area (Å²) in [5.74, 6) is 0.613. The third-order valence-corrected chi connectivity index (χ3v) is 3.46. The van der Waals surface area contributed by atoms with Crippen LogP contribution in [0, 0.1) is 6.92 Å². The highest BCUT2D eigenvalue weighted by atomic mass is 35.5. The summed E-state index contributed by atoms with van der Waals surface area (Å²) >= 11 is 0. The van der Waals surface area contributed by atoms with Crippen molar-refractivity contribution >= 4 is 24.1 Å². The minimum Gasteiger partial charge on any atom is -0.368 e. The number of hydrogen-bond donors (Lipinski definition) is 2. The highest BCUT2D eigenvalue weighted by molar-refractivity contribution is 5.96. The van der Waals surface area contributed by atoms with Gasteiger partial charge in [-0.25, -0.2) is 0 Å². The van der Waals surface area contributed by atoms with Crippen LogP contribution in [-0.4, -0.2) is 41.5 Å². The topological polar surface area (TPSA) is 68.2 Å². The molecule has 0 bridgehead atoms. The molecule has 2 rings (SSSR count). The predicted octanol–water partition coefficient (Wildman–Crippen LogP) is 0.857. The lowest BCUT2D eigenvalue weighted by molar-refractivity contribution is -0.140. The smallest absolute Gasteiger partial charge is 0.257 e. The van der Waals surface area contributed by atoms with Gasteiger partial charge in [0, 0.05) is 20.2 Å². The van der Waals surface area contributed by atoms with E-state index in [4.69, 9.17) is 4.74 Å². The number of nitrogens with zero attached hydrogens (tertiary/aromatic N) is 2. The SMILES string of the molecule is COC1(C(=O)Nc2cc(C)nn2C)CCNCC1.Cl. The molecule has 1 aliphatic heterocycles. The van der Waals surface area contributed by atoms with Gasteiger partial charge in [0.05, 0.1) is 5.69 Å². The van der Waals surface area contributed by atoms with Crippen molar-refractivity contribution in [2.24, 2.45) is 7.05 Å². The number of amides is 1. The van der Waals surface area contributed by atoms with Crippen LogP contribution in [0.25, 0.3) is 0 Å². The molecular weight excluding hydrogens is 268 g/mol. The maximum absolute atomic E-state index is 12.4. The van der Waals surface area contributed by atoms with E-state index in [0.29, 0.717) is 18.7 Å². The van der Waals surface area contributed by atoms with Crippen molar-refractivity contribution in [3.63, 3.8) is 0 Å². The zero-order chi connectivity index (χ0) is 13.2. The van der Waals surface area contributed by atoms with Crippen molar-refractivity contribution in [2.45, 2.75) is 25.4 Å². The Balaban J connectivity index is 0.00000180. The molecule has 0 spiro atoms. The molecule has 19 heavy (non-hydrogen) atoms. The first-order chi connectivity index (χ1) is 8.57. The van der Waals surface area contributed by atoms with Crippen molar-refractivity contribution in [3.8, 4) is 0 Å². The van der Waals surface area contributed by atoms with Gasteiger partial charge in [-0.1, -0.05) is 0 Å². The van der Waals surface area contributed by atoms with Crippen molar-refractivity contribution in [3.05, 3.63) is 11.8 Å². The monoisotopic (exact) mass is 288 g/mol. The second-order valence-electron chi connectivity index (χ2n) is 4.70. The van der Waals surface area contributed by atoms with Gasteiger partial charge in [0.25, 0.3) is 5.91 Å². The molecule has 1 amide bonds. The Bertz CT molecular complexity index is 441. The van der Waals surface area contributed by atoms with Crippen LogP contribution in [0.2, 0.25) is 0 Å². The van der Waals surface area contributed by atoms with E-state index in [1.165, 1.54) is 0 Å². The Labute approximate surface area is 119 Å². The summed E-state index contributed by atoms with van der Waals surface area (Å²) in [5.41, 5.74) is 0.160. The van der Waals surface area contributed by atoms with Gasteiger partial charge < -0.3 is 15.4 Å². The molecule has 2 heterocycles. The zero-order valence-electron chi connectivity index (χ0n) is 11.5. The van der Waals surface area contributed by atoms with Crippen LogP contribution in [0.3, 0.4) is 0 Å². The molecule has 0 radical (unpaired) electrons. The Morgan fingerprint density at radius 1 is 1.53 bits per heavy atom. The van der Waals surface area contributed by atoms with E-state index in [1.807, 2.05) is 20.0 Å². The molecule has 6 nitrogen and oxygen atoms in total. The molecule has 0 saturated carbocycles. The first kappa shape index (κ1) is 15.9. The summed E-state index contributed by atoms with van der Waals surface area (Å²) in [6.07, 6.45) is 1.37. The highest BCUT2D eigenvalue weighted by Gasteiger charge is 2.39. The number of nitrogens with one attached hydrogen (secondary N) is 2. The predicted molar refractivity (Wildman–Crippen MR) is 75.7 cm³/mol. The van der Waals surface area contributed by atoms with Gasteiger partial charge in [-0.15, -0.1) is 12.4 Å². The van der Waals surface area contributed by atoms with Crippen LogP contribution in [0.1, 0.15) is 18.5 Å². The third-order valence-electron chi connectivity index (χ3n) is 3.46. The van der Waals surface area contributed by atoms with Crippen molar-refractivity contribution in [1.82, 2.24) is 15.1 Å². The first-order valence-corrected chi connectivity index (χ1v) is 6.15. The van der Waals surface area contributed by atoms with Gasteiger partial charge in [-0.2, -0.15) is 5.10 Å². The average molecular weight is 289 g/mol. The molecule has 0 atom stereocenters. The summed E-state index contributed by atoms with van der Waals surface area (Å²) in [7, 11) is 3.41. The summed E-state index contributed by atoms with van der Waals surface area (Å²) in [5, 5.41) is 10.3. The van der Waals surface area contributed by atoms with Gasteiger partial charge >= 0.3 is 0 Å². The van der Waals surface area contributed by atoms with Crippen LogP contribution >= 0.6 is 12.4 Å². The van der Waals surface area contributed by atoms with Gasteiger partial charge in [0.1, 0.15) is 11.4 Å². The molecule has 0 aliphatic carbocycles. The van der Waals surface area contributed by atoms with Crippen molar-refractivity contribution in [1.29, 1.82) is 0 Å². The Morgan fingerprint density at radius 2 is 2.16 bits per heavy atom. The molecular formula is C12H21ClN4O2. The fraction of sp³-hybridized carbons (Fsp3) is 0.667. The molecule has 1 aromatic rings. The van der Waals surface area contributed by atoms with E-state index < -0.39 is 5.60 Å². The van der Waals surface area contributed by atoms with E-state index >= 15 is 0 Å². The number of aromatic nitrogens is 2. The fourth-order valence-corrected chi connectivity index (χ4v) is 2.31. The van der Waals surface area contributed by atoms with Crippen LogP contribution in [0.15, 0.2) is 6.07 Å². The Morgan fingerprint density at radius 3 is 2.63 bits per heavy atom. The number of aryl methyl sites for hydroxylation is 2. The van der Waals surface area contributed by atoms with E-state index in [-0.39, 0.29) is 18.3 Å². The molecule has 1 aromatic heterocycles. The average Bonchev–Trinajstić information content (AvgIpc) is 2.68. The highest BCUT2D eigenvalue weighted by Crippen LogP contribution is 2.24. The number of ether oxygens (including phenoxy) is 1. The van der Waals surface area contributed by atoms with Gasteiger partial charge in [-0.05, 0) is 32.9 Å². The van der Waals surface area contributed by atoms with Crippen molar-refractivity contribution < 1.29 is 9.53 Å². The lowest BCUT2D eigenvalue weighted by atomic mass is 9.91. The number of hydrogen-bond acceptors (Lipinski definition) is 4. The molecule has 0 unspecified atom stereocenters. The maximum atomic E-state index is 12.4. The van der Waals surface area contributed by atoms with Gasteiger partial charge in [0.15, 0.2) is 0 Å². The minimum atomic E-state index is -0.719. The number of halogens is 1. The summed E-state index contributed by atoms with van der Waals surface area (Å²) < 4.78 is 7.14. The number of methoxy groups -OCH3 is 1. The van der Waals surface area contributed by atoms with E-state index in [9.17, 15) is 4.79 Å². The summed E-state index contributed by atoms with van der Waals surface area (Å²) in [4.78, 5) is 12.4. The van der Waals surface area contributed by atoms with E-state index in [1.54, 1.807) is 11.8 Å². The second-order valence-corrected chi connectivity index (χ2v) is 4.70. The Kier molecular flexibility index (Phi) is 5.34. The molecule has 2 N–H and O–H groups in total. The maximum Gasteiger partial charge on any atom is 0.257 e. The normalized spacial score (nSPS) is 17.6. The van der Waals surface area contributed by atoms with E-state index in [2.05, 4.69) is 15.7 Å². The molecule has 108 valence electrons. The van der Waals surface area contributed by atoms with Crippen molar-refractivity contribution in [2.75, 3.05) is 25.5 Å². The third kappa shape index (κ3) is 3.26. The number of rotatable bonds is 3. The minimum absolute atomic E-state index is 0. The largest absolute Gasteiger partial charge is 0.368 e. The lowest BCUT2D eigenvalue weighted by Gasteiger charge is -2.34. The number of piperidine rings is 1. The molecule has 1 saturated heterocycles. The summed E-state index contributed by atoms with van der Waals surface area (Å²) in [6, 6.07) is 1.85. The number of carbonyl (C=O) groups excluding carboxylic acids is 1.